The zero-order valence-electron chi connectivity index (χ0n) is 14.5. The van der Waals surface area contributed by atoms with E-state index in [4.69, 9.17) is 4.74 Å². The van der Waals surface area contributed by atoms with E-state index in [1.165, 1.54) is 14.2 Å². The maximum Gasteiger partial charge on any atom is 0.337 e. The number of methoxy groups -OCH3 is 2. The molecule has 0 aliphatic heterocycles. The molecule has 0 saturated heterocycles. The molecule has 3 rings (SSSR count). The van der Waals surface area contributed by atoms with Gasteiger partial charge in [-0.3, -0.25) is 4.79 Å². The highest BCUT2D eigenvalue weighted by Crippen LogP contribution is 2.26. The number of pyridine rings is 1. The zero-order chi connectivity index (χ0) is 18.5. The van der Waals surface area contributed by atoms with Crippen LogP contribution in [0.4, 0.5) is 11.5 Å². The van der Waals surface area contributed by atoms with E-state index in [1.54, 1.807) is 18.3 Å². The van der Waals surface area contributed by atoms with Gasteiger partial charge < -0.3 is 14.8 Å². The quantitative estimate of drug-likeness (QED) is 0.710. The van der Waals surface area contributed by atoms with Gasteiger partial charge in [-0.1, -0.05) is 18.2 Å². The Kier molecular flexibility index (Phi) is 5.12. The average molecular weight is 350 g/mol. The van der Waals surface area contributed by atoms with Gasteiger partial charge in [0.25, 0.3) is 0 Å². The molecule has 0 aliphatic carbocycles. The largest absolute Gasteiger partial charge is 0.469 e. The molecule has 6 nitrogen and oxygen atoms in total. The van der Waals surface area contributed by atoms with Crippen LogP contribution in [0.25, 0.3) is 10.8 Å². The highest BCUT2D eigenvalue weighted by molar-refractivity contribution is 5.99. The first-order valence-electron chi connectivity index (χ1n) is 8.00. The van der Waals surface area contributed by atoms with Crippen LogP contribution < -0.4 is 5.32 Å². The molecule has 0 fully saturated rings. The first-order chi connectivity index (χ1) is 12.6. The summed E-state index contributed by atoms with van der Waals surface area (Å²) >= 11 is 0. The third-order valence-electron chi connectivity index (χ3n) is 3.98. The number of nitrogens with one attached hydrogen (secondary N) is 1. The van der Waals surface area contributed by atoms with Gasteiger partial charge in [-0.2, -0.15) is 0 Å². The SMILES string of the molecule is COC(=O)Cc1ccc(Nc2nccc3ccc(C(=O)OC)cc23)cc1. The minimum absolute atomic E-state index is 0.228. The molecule has 0 saturated carbocycles. The Morgan fingerprint density at radius 2 is 1.77 bits per heavy atom. The monoisotopic (exact) mass is 350 g/mol. The van der Waals surface area contributed by atoms with Crippen LogP contribution in [0.1, 0.15) is 15.9 Å². The van der Waals surface area contributed by atoms with Crippen molar-refractivity contribution in [2.45, 2.75) is 6.42 Å². The van der Waals surface area contributed by atoms with E-state index in [-0.39, 0.29) is 12.4 Å². The van der Waals surface area contributed by atoms with E-state index < -0.39 is 5.97 Å². The van der Waals surface area contributed by atoms with Crippen molar-refractivity contribution < 1.29 is 19.1 Å². The van der Waals surface area contributed by atoms with Crippen molar-refractivity contribution in [3.8, 4) is 0 Å². The third-order valence-corrected chi connectivity index (χ3v) is 3.98. The highest BCUT2D eigenvalue weighted by atomic mass is 16.5. The van der Waals surface area contributed by atoms with Gasteiger partial charge >= 0.3 is 11.9 Å². The van der Waals surface area contributed by atoms with Gasteiger partial charge in [0.05, 0.1) is 26.2 Å². The van der Waals surface area contributed by atoms with Crippen molar-refractivity contribution in [2.24, 2.45) is 0 Å². The van der Waals surface area contributed by atoms with E-state index in [0.717, 1.165) is 22.0 Å². The smallest absolute Gasteiger partial charge is 0.337 e. The first-order valence-corrected chi connectivity index (χ1v) is 8.00. The summed E-state index contributed by atoms with van der Waals surface area (Å²) in [5.41, 5.74) is 2.15. The van der Waals surface area contributed by atoms with Crippen LogP contribution >= 0.6 is 0 Å². The Balaban J connectivity index is 1.88. The van der Waals surface area contributed by atoms with E-state index in [2.05, 4.69) is 15.0 Å². The number of anilines is 2. The molecule has 0 amide bonds. The summed E-state index contributed by atoms with van der Waals surface area (Å²) in [5, 5.41) is 5.02. The second-order valence-electron chi connectivity index (χ2n) is 5.66. The van der Waals surface area contributed by atoms with Crippen LogP contribution in [0, 0.1) is 0 Å². The van der Waals surface area contributed by atoms with E-state index in [9.17, 15) is 9.59 Å². The fourth-order valence-electron chi connectivity index (χ4n) is 2.59. The Morgan fingerprint density at radius 3 is 2.46 bits per heavy atom. The molecule has 3 aromatic rings. The van der Waals surface area contributed by atoms with Crippen LogP contribution in [-0.4, -0.2) is 31.1 Å². The average Bonchev–Trinajstić information content (AvgIpc) is 2.68. The third kappa shape index (κ3) is 3.80. The van der Waals surface area contributed by atoms with Gasteiger partial charge in [-0.05, 0) is 41.3 Å². The molecule has 0 spiro atoms. The van der Waals surface area contributed by atoms with Crippen molar-refractivity contribution in [2.75, 3.05) is 19.5 Å². The number of esters is 2. The van der Waals surface area contributed by atoms with Gasteiger partial charge in [0, 0.05) is 17.3 Å². The minimum atomic E-state index is -0.395. The van der Waals surface area contributed by atoms with E-state index >= 15 is 0 Å². The Labute approximate surface area is 150 Å². The Morgan fingerprint density at radius 1 is 1.00 bits per heavy atom. The number of carbonyl (C=O) groups is 2. The van der Waals surface area contributed by atoms with E-state index in [0.29, 0.717) is 11.4 Å². The van der Waals surface area contributed by atoms with E-state index in [1.807, 2.05) is 36.4 Å². The lowest BCUT2D eigenvalue weighted by molar-refractivity contribution is -0.139. The molecule has 2 aromatic carbocycles. The number of carbonyl (C=O) groups excluding carboxylic acids is 2. The number of hydrogen-bond donors (Lipinski definition) is 1. The number of rotatable bonds is 5. The molecular formula is C20H18N2O4. The van der Waals surface area contributed by atoms with Crippen molar-refractivity contribution in [3.63, 3.8) is 0 Å². The van der Waals surface area contributed by atoms with Gasteiger partial charge in [-0.15, -0.1) is 0 Å². The molecule has 0 unspecified atom stereocenters. The minimum Gasteiger partial charge on any atom is -0.469 e. The van der Waals surface area contributed by atoms with Crippen molar-refractivity contribution in [1.29, 1.82) is 0 Å². The second-order valence-corrected chi connectivity index (χ2v) is 5.66. The number of aromatic nitrogens is 1. The summed E-state index contributed by atoms with van der Waals surface area (Å²) in [5.74, 6) is -0.0420. The van der Waals surface area contributed by atoms with Crippen LogP contribution in [0.3, 0.4) is 0 Å². The predicted octanol–water partition coefficient (Wildman–Crippen LogP) is 3.48. The molecule has 1 heterocycles. The van der Waals surface area contributed by atoms with Gasteiger partial charge in [0.2, 0.25) is 0 Å². The molecule has 26 heavy (non-hydrogen) atoms. The van der Waals surface area contributed by atoms with Gasteiger partial charge in [0.15, 0.2) is 0 Å². The van der Waals surface area contributed by atoms with Crippen LogP contribution in [0.15, 0.2) is 54.7 Å². The molecule has 0 bridgehead atoms. The molecule has 6 heteroatoms. The predicted molar refractivity (Wildman–Crippen MR) is 98.5 cm³/mol. The molecule has 0 radical (unpaired) electrons. The molecular weight excluding hydrogens is 332 g/mol. The normalized spacial score (nSPS) is 10.4. The van der Waals surface area contributed by atoms with Gasteiger partial charge in [0.1, 0.15) is 5.82 Å². The fraction of sp³-hybridized carbons (Fsp3) is 0.150. The van der Waals surface area contributed by atoms with Gasteiger partial charge in [-0.25, -0.2) is 9.78 Å². The van der Waals surface area contributed by atoms with Crippen LogP contribution in [-0.2, 0) is 20.7 Å². The van der Waals surface area contributed by atoms with Crippen LogP contribution in [0.5, 0.6) is 0 Å². The second kappa shape index (κ2) is 7.65. The molecule has 1 N–H and O–H groups in total. The number of hydrogen-bond acceptors (Lipinski definition) is 6. The lowest BCUT2D eigenvalue weighted by atomic mass is 10.1. The summed E-state index contributed by atoms with van der Waals surface area (Å²) in [6, 6.07) is 14.6. The van der Waals surface area contributed by atoms with Crippen molar-refractivity contribution in [1.82, 2.24) is 4.98 Å². The molecule has 132 valence electrons. The summed E-state index contributed by atoms with van der Waals surface area (Å²) in [4.78, 5) is 27.5. The summed E-state index contributed by atoms with van der Waals surface area (Å²) in [6.07, 6.45) is 1.93. The number of benzene rings is 2. The number of fused-ring (bicyclic) bond motifs is 1. The van der Waals surface area contributed by atoms with Crippen LogP contribution in [0.2, 0.25) is 0 Å². The first kappa shape index (κ1) is 17.4. The van der Waals surface area contributed by atoms with Crippen molar-refractivity contribution in [3.05, 3.63) is 65.9 Å². The maximum atomic E-state index is 11.8. The molecule has 1 aromatic heterocycles. The summed E-state index contributed by atoms with van der Waals surface area (Å²) in [7, 11) is 2.72. The lowest BCUT2D eigenvalue weighted by Gasteiger charge is -2.10. The van der Waals surface area contributed by atoms with Crippen molar-refractivity contribution >= 4 is 34.2 Å². The summed E-state index contributed by atoms with van der Waals surface area (Å²) in [6.45, 7) is 0. The Hall–Kier alpha value is -3.41. The zero-order valence-corrected chi connectivity index (χ0v) is 14.5. The number of ether oxygens (including phenoxy) is 2. The maximum absolute atomic E-state index is 11.8. The Bertz CT molecular complexity index is 952. The highest BCUT2D eigenvalue weighted by Gasteiger charge is 2.10. The molecule has 0 atom stereocenters. The lowest BCUT2D eigenvalue weighted by Crippen LogP contribution is -2.04. The number of nitrogens with zero attached hydrogens (tertiary/aromatic N) is 1. The summed E-state index contributed by atoms with van der Waals surface area (Å²) < 4.78 is 9.45. The standard InChI is InChI=1S/C20H18N2O4/c1-25-18(23)11-13-3-7-16(8-4-13)22-19-17-12-15(20(24)26-2)6-5-14(17)9-10-21-19/h3-10,12H,11H2,1-2H3,(H,21,22). The topological polar surface area (TPSA) is 77.5 Å². The fourth-order valence-corrected chi connectivity index (χ4v) is 2.59. The molecule has 0 aliphatic rings.